The lowest BCUT2D eigenvalue weighted by atomic mass is 10.2. The molecule has 1 N–H and O–H groups in total. The van der Waals surface area contributed by atoms with Crippen LogP contribution in [0.5, 0.6) is 0 Å². The number of fused-ring (bicyclic) bond motifs is 1. The molecule has 2 aromatic rings. The van der Waals surface area contributed by atoms with Crippen molar-refractivity contribution in [2.24, 2.45) is 0 Å². The van der Waals surface area contributed by atoms with Gasteiger partial charge in [-0.1, -0.05) is 11.6 Å². The maximum absolute atomic E-state index is 12.1. The molecule has 0 fully saturated rings. The van der Waals surface area contributed by atoms with Gasteiger partial charge in [0.15, 0.2) is 5.76 Å². The van der Waals surface area contributed by atoms with E-state index in [0.29, 0.717) is 34.1 Å². The van der Waals surface area contributed by atoms with Crippen molar-refractivity contribution in [2.75, 3.05) is 11.9 Å². The number of rotatable bonds is 2. The van der Waals surface area contributed by atoms with Crippen molar-refractivity contribution in [1.29, 1.82) is 0 Å². The highest BCUT2D eigenvalue weighted by atomic mass is 35.5. The summed E-state index contributed by atoms with van der Waals surface area (Å²) in [6, 6.07) is 3.46. The third-order valence-electron chi connectivity index (χ3n) is 2.78. The molecule has 3 rings (SSSR count). The van der Waals surface area contributed by atoms with Crippen LogP contribution in [0.2, 0.25) is 5.02 Å². The molecule has 7 heteroatoms. The van der Waals surface area contributed by atoms with Crippen LogP contribution in [0.4, 0.5) is 5.69 Å². The Morgan fingerprint density at radius 3 is 3.11 bits per heavy atom. The Kier molecular flexibility index (Phi) is 3.35. The van der Waals surface area contributed by atoms with E-state index < -0.39 is 0 Å². The molecule has 0 radical (unpaired) electrons. The fourth-order valence-corrected chi connectivity index (χ4v) is 2.58. The van der Waals surface area contributed by atoms with Gasteiger partial charge >= 0.3 is 0 Å². The molecule has 2 heterocycles. The Balaban J connectivity index is 1.92. The van der Waals surface area contributed by atoms with Crippen LogP contribution in [0.1, 0.15) is 12.8 Å². The number of allylic oxidation sites excluding steroid dienone is 1. The highest BCUT2D eigenvalue weighted by Crippen LogP contribution is 2.30. The third kappa shape index (κ3) is 2.41. The Morgan fingerprint density at radius 2 is 2.32 bits per heavy atom. The summed E-state index contributed by atoms with van der Waals surface area (Å²) in [5, 5.41) is 3.18. The number of nitrogens with zero attached hydrogens (tertiary/aromatic N) is 2. The van der Waals surface area contributed by atoms with Crippen molar-refractivity contribution in [3.8, 4) is 0 Å². The van der Waals surface area contributed by atoms with Gasteiger partial charge in [0.05, 0.1) is 29.0 Å². The maximum atomic E-state index is 12.1. The Bertz CT molecular complexity index is 668. The van der Waals surface area contributed by atoms with Crippen molar-refractivity contribution < 1.29 is 9.53 Å². The first-order chi connectivity index (χ1) is 9.25. The lowest BCUT2D eigenvalue weighted by Crippen LogP contribution is -2.19. The number of halogens is 1. The number of carbonyl (C=O) groups excluding carboxylic acids is 1. The predicted octanol–water partition coefficient (Wildman–Crippen LogP) is 2.98. The summed E-state index contributed by atoms with van der Waals surface area (Å²) in [7, 11) is 0. The van der Waals surface area contributed by atoms with Crippen molar-refractivity contribution in [3.05, 3.63) is 29.0 Å². The van der Waals surface area contributed by atoms with E-state index in [4.69, 9.17) is 16.3 Å². The molecule has 98 valence electrons. The molecule has 1 aliphatic rings. The number of hydrogen-bond donors (Lipinski definition) is 1. The first-order valence-electron chi connectivity index (χ1n) is 5.81. The van der Waals surface area contributed by atoms with Crippen LogP contribution in [-0.4, -0.2) is 21.3 Å². The average molecular weight is 296 g/mol. The summed E-state index contributed by atoms with van der Waals surface area (Å²) in [6.07, 6.45) is 3.56. The smallest absolute Gasteiger partial charge is 0.290 e. The maximum Gasteiger partial charge on any atom is 0.290 e. The van der Waals surface area contributed by atoms with Gasteiger partial charge in [-0.2, -0.15) is 8.75 Å². The molecule has 5 nitrogen and oxygen atoms in total. The van der Waals surface area contributed by atoms with Crippen LogP contribution in [0.15, 0.2) is 24.0 Å². The van der Waals surface area contributed by atoms with E-state index in [1.165, 1.54) is 0 Å². The summed E-state index contributed by atoms with van der Waals surface area (Å²) in [5.74, 6) is 0.0320. The monoisotopic (exact) mass is 295 g/mol. The molecule has 0 unspecified atom stereocenters. The average Bonchev–Trinajstić information content (AvgIpc) is 2.91. The quantitative estimate of drug-likeness (QED) is 0.925. The van der Waals surface area contributed by atoms with E-state index in [0.717, 1.165) is 24.6 Å². The number of aromatic nitrogens is 2. The second-order valence-electron chi connectivity index (χ2n) is 4.07. The van der Waals surface area contributed by atoms with Gasteiger partial charge in [-0.3, -0.25) is 4.79 Å². The van der Waals surface area contributed by atoms with Gasteiger partial charge in [0.25, 0.3) is 5.91 Å². The summed E-state index contributed by atoms with van der Waals surface area (Å²) in [6.45, 7) is 0.565. The van der Waals surface area contributed by atoms with Gasteiger partial charge < -0.3 is 10.1 Å². The molecule has 1 aromatic heterocycles. The normalized spacial score (nSPS) is 14.9. The number of benzene rings is 1. The molecule has 19 heavy (non-hydrogen) atoms. The lowest BCUT2D eigenvalue weighted by molar-refractivity contribution is -0.116. The van der Waals surface area contributed by atoms with E-state index in [9.17, 15) is 4.79 Å². The molecule has 0 spiro atoms. The Labute approximate surface area is 118 Å². The van der Waals surface area contributed by atoms with Crippen LogP contribution >= 0.6 is 23.3 Å². The van der Waals surface area contributed by atoms with E-state index in [-0.39, 0.29) is 5.91 Å². The summed E-state index contributed by atoms with van der Waals surface area (Å²) in [4.78, 5) is 12.1. The van der Waals surface area contributed by atoms with Gasteiger partial charge in [0, 0.05) is 0 Å². The van der Waals surface area contributed by atoms with Crippen molar-refractivity contribution in [3.63, 3.8) is 0 Å². The van der Waals surface area contributed by atoms with Gasteiger partial charge in [0.2, 0.25) is 0 Å². The van der Waals surface area contributed by atoms with Crippen molar-refractivity contribution >= 4 is 46.0 Å². The fraction of sp³-hybridized carbons (Fsp3) is 0.250. The number of anilines is 1. The largest absolute Gasteiger partial charge is 0.488 e. The van der Waals surface area contributed by atoms with Gasteiger partial charge in [-0.05, 0) is 31.1 Å². The van der Waals surface area contributed by atoms with Crippen LogP contribution in [0.25, 0.3) is 11.0 Å². The minimum atomic E-state index is -0.304. The van der Waals surface area contributed by atoms with E-state index in [2.05, 4.69) is 14.1 Å². The minimum Gasteiger partial charge on any atom is -0.488 e. The second-order valence-corrected chi connectivity index (χ2v) is 5.00. The van der Waals surface area contributed by atoms with Crippen LogP contribution < -0.4 is 5.32 Å². The fourth-order valence-electron chi connectivity index (χ4n) is 1.84. The molecule has 0 aliphatic carbocycles. The molecular formula is C12H10ClN3O2S. The molecule has 1 aromatic carbocycles. The van der Waals surface area contributed by atoms with Gasteiger partial charge in [-0.15, -0.1) is 0 Å². The predicted molar refractivity (Wildman–Crippen MR) is 74.3 cm³/mol. The highest BCUT2D eigenvalue weighted by molar-refractivity contribution is 7.00. The number of nitrogens with one attached hydrogen (secondary N) is 1. The van der Waals surface area contributed by atoms with Gasteiger partial charge in [0.1, 0.15) is 11.0 Å². The Morgan fingerprint density at radius 1 is 1.42 bits per heavy atom. The minimum absolute atomic E-state index is 0.304. The zero-order valence-electron chi connectivity index (χ0n) is 9.85. The molecule has 0 saturated carbocycles. The molecule has 0 saturated heterocycles. The number of carbonyl (C=O) groups is 1. The zero-order valence-corrected chi connectivity index (χ0v) is 11.4. The number of ether oxygens (including phenoxy) is 1. The number of hydrogen-bond acceptors (Lipinski definition) is 5. The van der Waals surface area contributed by atoms with Crippen LogP contribution in [-0.2, 0) is 9.53 Å². The van der Waals surface area contributed by atoms with Crippen LogP contribution in [0, 0.1) is 0 Å². The second kappa shape index (κ2) is 5.14. The van der Waals surface area contributed by atoms with E-state index in [1.54, 1.807) is 18.2 Å². The van der Waals surface area contributed by atoms with E-state index >= 15 is 0 Å². The molecule has 1 aliphatic heterocycles. The Hall–Kier alpha value is -1.66. The van der Waals surface area contributed by atoms with Gasteiger partial charge in [-0.25, -0.2) is 0 Å². The van der Waals surface area contributed by atoms with E-state index in [1.807, 2.05) is 0 Å². The van der Waals surface area contributed by atoms with Crippen molar-refractivity contribution in [2.45, 2.75) is 12.8 Å². The summed E-state index contributed by atoms with van der Waals surface area (Å²) in [5.41, 5.74) is 1.79. The molecular weight excluding hydrogens is 286 g/mol. The zero-order chi connectivity index (χ0) is 13.2. The first-order valence-corrected chi connectivity index (χ1v) is 6.91. The summed E-state index contributed by atoms with van der Waals surface area (Å²) >= 11 is 7.19. The molecule has 1 amide bonds. The standard InChI is InChI=1S/C12H10ClN3O2S/c13-7-4-5-8-11(16-19-15-8)10(7)14-12(17)9-3-1-2-6-18-9/h3-5H,1-2,6H2,(H,14,17). The lowest BCUT2D eigenvalue weighted by Gasteiger charge is -2.15. The summed E-state index contributed by atoms with van der Waals surface area (Å²) < 4.78 is 13.6. The SMILES string of the molecule is O=C(Nc1c(Cl)ccc2nsnc12)C1=CCCCO1. The molecule has 0 bridgehead atoms. The third-order valence-corrected chi connectivity index (χ3v) is 3.63. The highest BCUT2D eigenvalue weighted by Gasteiger charge is 2.18. The number of amides is 1. The first kappa shape index (κ1) is 12.4. The van der Waals surface area contributed by atoms with Crippen molar-refractivity contribution in [1.82, 2.24) is 8.75 Å². The topological polar surface area (TPSA) is 64.1 Å². The molecule has 0 atom stereocenters. The van der Waals surface area contributed by atoms with Crippen LogP contribution in [0.3, 0.4) is 0 Å².